The topological polar surface area (TPSA) is 69.6 Å². The van der Waals surface area contributed by atoms with Gasteiger partial charge in [0.15, 0.2) is 0 Å². The van der Waals surface area contributed by atoms with Crippen LogP contribution in [0.15, 0.2) is 40.9 Å². The number of carboxylic acids is 1. The molecule has 164 valence electrons. The SMILES string of the molecule is CC(C)(F)CC(NC(c1ccc(-c2cc(Br)ccc2O)c(F)c1)C(F)(F)F)C(=O)O. The van der Waals surface area contributed by atoms with E-state index in [-0.39, 0.29) is 16.9 Å². The van der Waals surface area contributed by atoms with E-state index in [1.165, 1.54) is 18.2 Å². The molecule has 2 unspecified atom stereocenters. The molecule has 0 aliphatic carbocycles. The fourth-order valence-electron chi connectivity index (χ4n) is 2.94. The number of halogens is 6. The van der Waals surface area contributed by atoms with Crippen LogP contribution < -0.4 is 5.32 Å². The second kappa shape index (κ2) is 8.89. The van der Waals surface area contributed by atoms with Crippen molar-refractivity contribution in [3.63, 3.8) is 0 Å². The van der Waals surface area contributed by atoms with Crippen molar-refractivity contribution in [3.05, 3.63) is 52.3 Å². The lowest BCUT2D eigenvalue weighted by molar-refractivity contribution is -0.164. The van der Waals surface area contributed by atoms with Crippen LogP contribution in [0.1, 0.15) is 31.9 Å². The molecule has 0 aliphatic rings. The van der Waals surface area contributed by atoms with E-state index in [2.05, 4.69) is 15.9 Å². The van der Waals surface area contributed by atoms with Crippen LogP contribution in [0.25, 0.3) is 11.1 Å². The highest BCUT2D eigenvalue weighted by atomic mass is 79.9. The first-order chi connectivity index (χ1) is 13.7. The molecule has 0 spiro atoms. The van der Waals surface area contributed by atoms with Gasteiger partial charge in [-0.25, -0.2) is 8.78 Å². The van der Waals surface area contributed by atoms with Crippen LogP contribution in [0.4, 0.5) is 22.0 Å². The summed E-state index contributed by atoms with van der Waals surface area (Å²) in [6.45, 7) is 2.10. The normalized spacial score (nSPS) is 14.4. The molecule has 0 saturated carbocycles. The first kappa shape index (κ1) is 24.1. The highest BCUT2D eigenvalue weighted by molar-refractivity contribution is 9.10. The molecule has 2 aromatic carbocycles. The molecule has 30 heavy (non-hydrogen) atoms. The monoisotopic (exact) mass is 495 g/mol. The maximum atomic E-state index is 14.7. The lowest BCUT2D eigenvalue weighted by atomic mass is 9.96. The second-order valence-corrected chi connectivity index (χ2v) is 8.27. The van der Waals surface area contributed by atoms with Crippen molar-refractivity contribution in [1.82, 2.24) is 5.32 Å². The highest BCUT2D eigenvalue weighted by Gasteiger charge is 2.44. The molecule has 4 nitrogen and oxygen atoms in total. The van der Waals surface area contributed by atoms with Gasteiger partial charge in [-0.15, -0.1) is 0 Å². The number of rotatable bonds is 7. The van der Waals surface area contributed by atoms with Gasteiger partial charge in [-0.2, -0.15) is 13.2 Å². The molecular weight excluding hydrogens is 477 g/mol. The Labute approximate surface area is 177 Å². The molecule has 3 N–H and O–H groups in total. The summed E-state index contributed by atoms with van der Waals surface area (Å²) in [4.78, 5) is 11.3. The average molecular weight is 496 g/mol. The van der Waals surface area contributed by atoms with Crippen LogP contribution in [0, 0.1) is 5.82 Å². The van der Waals surface area contributed by atoms with Gasteiger partial charge in [0.25, 0.3) is 0 Å². The van der Waals surface area contributed by atoms with Gasteiger partial charge < -0.3 is 10.2 Å². The van der Waals surface area contributed by atoms with Gasteiger partial charge >= 0.3 is 12.1 Å². The second-order valence-electron chi connectivity index (χ2n) is 7.36. The predicted octanol–water partition coefficient (Wildman–Crippen LogP) is 5.75. The van der Waals surface area contributed by atoms with Crippen molar-refractivity contribution in [3.8, 4) is 16.9 Å². The van der Waals surface area contributed by atoms with E-state index in [0.29, 0.717) is 10.5 Å². The van der Waals surface area contributed by atoms with E-state index >= 15 is 0 Å². The molecule has 0 aliphatic heterocycles. The van der Waals surface area contributed by atoms with E-state index in [1.807, 2.05) is 5.32 Å². The molecule has 2 aromatic rings. The van der Waals surface area contributed by atoms with Crippen LogP contribution in [-0.4, -0.2) is 34.1 Å². The predicted molar refractivity (Wildman–Crippen MR) is 104 cm³/mol. The quantitative estimate of drug-likeness (QED) is 0.428. The summed E-state index contributed by atoms with van der Waals surface area (Å²) in [5.74, 6) is -2.98. The van der Waals surface area contributed by atoms with Crippen molar-refractivity contribution < 1.29 is 37.0 Å². The number of aromatic hydroxyl groups is 1. The van der Waals surface area contributed by atoms with Gasteiger partial charge in [-0.3, -0.25) is 10.1 Å². The lowest BCUT2D eigenvalue weighted by Crippen LogP contribution is -2.47. The summed E-state index contributed by atoms with van der Waals surface area (Å²) in [7, 11) is 0. The zero-order valence-electron chi connectivity index (χ0n) is 15.9. The largest absolute Gasteiger partial charge is 0.507 e. The summed E-state index contributed by atoms with van der Waals surface area (Å²) in [6.07, 6.45) is -5.69. The van der Waals surface area contributed by atoms with Gasteiger partial charge in [-0.1, -0.05) is 28.1 Å². The number of aliphatic carboxylic acids is 1. The Hall–Kier alpha value is -2.20. The first-order valence-electron chi connectivity index (χ1n) is 8.72. The zero-order valence-corrected chi connectivity index (χ0v) is 17.5. The van der Waals surface area contributed by atoms with Crippen molar-refractivity contribution in [2.75, 3.05) is 0 Å². The van der Waals surface area contributed by atoms with E-state index in [9.17, 15) is 37.0 Å². The van der Waals surface area contributed by atoms with E-state index in [0.717, 1.165) is 26.0 Å². The molecule has 0 saturated heterocycles. The molecule has 2 atom stereocenters. The number of hydrogen-bond donors (Lipinski definition) is 3. The maximum Gasteiger partial charge on any atom is 0.407 e. The minimum atomic E-state index is -4.97. The summed E-state index contributed by atoms with van der Waals surface area (Å²) in [6, 6.07) is 2.45. The smallest absolute Gasteiger partial charge is 0.407 e. The Kier molecular flexibility index (Phi) is 7.13. The Balaban J connectivity index is 2.45. The van der Waals surface area contributed by atoms with Crippen LogP contribution in [0.3, 0.4) is 0 Å². The molecule has 0 bridgehead atoms. The Bertz CT molecular complexity index is 928. The number of phenols is 1. The minimum absolute atomic E-state index is 0.0625. The minimum Gasteiger partial charge on any atom is -0.507 e. The van der Waals surface area contributed by atoms with Crippen LogP contribution in [-0.2, 0) is 4.79 Å². The zero-order chi connectivity index (χ0) is 22.9. The lowest BCUT2D eigenvalue weighted by Gasteiger charge is -2.28. The first-order valence-corrected chi connectivity index (χ1v) is 9.51. The fraction of sp³-hybridized carbons (Fsp3) is 0.350. The number of carboxylic acid groups (broad SMARTS) is 1. The average Bonchev–Trinajstić information content (AvgIpc) is 2.58. The molecule has 2 rings (SSSR count). The third-order valence-corrected chi connectivity index (χ3v) is 4.75. The summed E-state index contributed by atoms with van der Waals surface area (Å²) >= 11 is 3.17. The molecule has 0 fully saturated rings. The number of carbonyl (C=O) groups is 1. The molecule has 0 radical (unpaired) electrons. The van der Waals surface area contributed by atoms with Gasteiger partial charge in [0.2, 0.25) is 0 Å². The van der Waals surface area contributed by atoms with Crippen molar-refractivity contribution in [2.45, 2.75) is 44.2 Å². The van der Waals surface area contributed by atoms with Gasteiger partial charge in [0.05, 0.1) is 0 Å². The summed E-state index contributed by atoms with van der Waals surface area (Å²) in [5.41, 5.74) is -2.70. The highest BCUT2D eigenvalue weighted by Crippen LogP contribution is 2.38. The molecule has 0 amide bonds. The van der Waals surface area contributed by atoms with Crippen molar-refractivity contribution in [2.24, 2.45) is 0 Å². The molecule has 10 heteroatoms. The molecule has 0 heterocycles. The fourth-order valence-corrected chi connectivity index (χ4v) is 3.30. The number of nitrogens with one attached hydrogen (secondary N) is 1. The molecular formula is C20H19BrF5NO3. The van der Waals surface area contributed by atoms with Gasteiger partial charge in [0.1, 0.15) is 29.3 Å². The number of benzene rings is 2. The Morgan fingerprint density at radius 3 is 2.23 bits per heavy atom. The van der Waals surface area contributed by atoms with E-state index in [4.69, 9.17) is 0 Å². The van der Waals surface area contributed by atoms with Crippen LogP contribution >= 0.6 is 15.9 Å². The number of alkyl halides is 4. The van der Waals surface area contributed by atoms with Crippen molar-refractivity contribution in [1.29, 1.82) is 0 Å². The summed E-state index contributed by atoms with van der Waals surface area (Å²) < 4.78 is 69.9. The third kappa shape index (κ3) is 6.15. The Morgan fingerprint density at radius 2 is 1.73 bits per heavy atom. The van der Waals surface area contributed by atoms with Gasteiger partial charge in [-0.05, 0) is 43.7 Å². The number of phenolic OH excluding ortho intramolecular Hbond substituents is 1. The standard InChI is InChI=1S/C20H19BrF5NO3/c1-19(2,23)9-15(18(29)30)27-17(20(24,25)26)10-3-5-12(14(22)7-10)13-8-11(21)4-6-16(13)28/h3-8,15,17,27-28H,9H2,1-2H3,(H,29,30). The summed E-state index contributed by atoms with van der Waals surface area (Å²) in [5, 5.41) is 21.0. The van der Waals surface area contributed by atoms with Gasteiger partial charge in [0, 0.05) is 22.0 Å². The van der Waals surface area contributed by atoms with Crippen molar-refractivity contribution >= 4 is 21.9 Å². The third-order valence-electron chi connectivity index (χ3n) is 4.26. The Morgan fingerprint density at radius 1 is 1.10 bits per heavy atom. The van der Waals surface area contributed by atoms with E-state index < -0.39 is 47.7 Å². The van der Waals surface area contributed by atoms with Crippen LogP contribution in [0.5, 0.6) is 5.75 Å². The number of hydrogen-bond acceptors (Lipinski definition) is 3. The van der Waals surface area contributed by atoms with E-state index in [1.54, 1.807) is 0 Å². The maximum absolute atomic E-state index is 14.7. The molecule has 0 aromatic heterocycles. The van der Waals surface area contributed by atoms with Crippen LogP contribution in [0.2, 0.25) is 0 Å².